The summed E-state index contributed by atoms with van der Waals surface area (Å²) in [7, 11) is 0. The molecule has 1 unspecified atom stereocenters. The highest BCUT2D eigenvalue weighted by molar-refractivity contribution is 5.94. The van der Waals surface area contributed by atoms with Gasteiger partial charge in [0, 0.05) is 37.1 Å². The second-order valence-corrected chi connectivity index (χ2v) is 4.03. The van der Waals surface area contributed by atoms with Gasteiger partial charge in [-0.1, -0.05) is 0 Å². The van der Waals surface area contributed by atoms with Gasteiger partial charge in [0.15, 0.2) is 0 Å². The molecular weight excluding hydrogens is 216 g/mol. The summed E-state index contributed by atoms with van der Waals surface area (Å²) in [6.45, 7) is 3.68. The van der Waals surface area contributed by atoms with Gasteiger partial charge in [0.25, 0.3) is 5.91 Å². The standard InChI is InChI=1S/C12H14N4O/c1-9-6-10(2-3-15-9)12(17)16-5-4-14-8-11(16)7-13/h2-3,6,11,14H,4-5,8H2,1H3. The van der Waals surface area contributed by atoms with Crippen molar-refractivity contribution in [1.29, 1.82) is 5.26 Å². The number of amides is 1. The summed E-state index contributed by atoms with van der Waals surface area (Å²) in [5.74, 6) is -0.0939. The van der Waals surface area contributed by atoms with E-state index >= 15 is 0 Å². The number of nitriles is 1. The van der Waals surface area contributed by atoms with Crippen molar-refractivity contribution in [2.24, 2.45) is 0 Å². The van der Waals surface area contributed by atoms with Gasteiger partial charge in [0.1, 0.15) is 6.04 Å². The minimum atomic E-state index is -0.385. The predicted molar refractivity (Wildman–Crippen MR) is 62.3 cm³/mol. The maximum Gasteiger partial charge on any atom is 0.255 e. The summed E-state index contributed by atoms with van der Waals surface area (Å²) >= 11 is 0. The molecule has 1 aliphatic rings. The van der Waals surface area contributed by atoms with Gasteiger partial charge in [0.05, 0.1) is 6.07 Å². The number of piperazine rings is 1. The molecule has 0 bridgehead atoms. The molecule has 1 amide bonds. The Kier molecular flexibility index (Phi) is 3.35. The number of nitrogens with one attached hydrogen (secondary N) is 1. The van der Waals surface area contributed by atoms with Crippen molar-refractivity contribution in [3.05, 3.63) is 29.6 Å². The monoisotopic (exact) mass is 230 g/mol. The Morgan fingerprint density at radius 3 is 3.24 bits per heavy atom. The molecule has 1 saturated heterocycles. The zero-order valence-electron chi connectivity index (χ0n) is 9.68. The van der Waals surface area contributed by atoms with Crippen molar-refractivity contribution in [3.8, 4) is 6.07 Å². The lowest BCUT2D eigenvalue weighted by atomic mass is 10.1. The van der Waals surface area contributed by atoms with Crippen molar-refractivity contribution in [3.63, 3.8) is 0 Å². The first kappa shape index (κ1) is 11.6. The molecule has 2 rings (SSSR count). The Morgan fingerprint density at radius 1 is 1.71 bits per heavy atom. The Morgan fingerprint density at radius 2 is 2.53 bits per heavy atom. The number of aryl methyl sites for hydroxylation is 1. The molecular formula is C12H14N4O. The van der Waals surface area contributed by atoms with E-state index in [0.29, 0.717) is 18.7 Å². The third-order valence-electron chi connectivity index (χ3n) is 2.80. The van der Waals surface area contributed by atoms with Crippen molar-refractivity contribution >= 4 is 5.91 Å². The number of aromatic nitrogens is 1. The Bertz CT molecular complexity index is 466. The number of carbonyl (C=O) groups is 1. The first-order chi connectivity index (χ1) is 8.22. The fourth-order valence-corrected chi connectivity index (χ4v) is 1.91. The molecule has 1 aromatic rings. The number of hydrogen-bond donors (Lipinski definition) is 1. The van der Waals surface area contributed by atoms with Gasteiger partial charge >= 0.3 is 0 Å². The molecule has 0 aromatic carbocycles. The van der Waals surface area contributed by atoms with E-state index in [1.165, 1.54) is 0 Å². The first-order valence-corrected chi connectivity index (χ1v) is 5.56. The average Bonchev–Trinajstić information content (AvgIpc) is 2.38. The minimum absolute atomic E-state index is 0.0939. The quantitative estimate of drug-likeness (QED) is 0.754. The zero-order chi connectivity index (χ0) is 12.3. The number of carbonyl (C=O) groups excluding carboxylic acids is 1. The van der Waals surface area contributed by atoms with Crippen LogP contribution in [-0.2, 0) is 0 Å². The van der Waals surface area contributed by atoms with E-state index in [1.807, 2.05) is 6.92 Å². The Balaban J connectivity index is 2.22. The highest BCUT2D eigenvalue weighted by Crippen LogP contribution is 2.10. The molecule has 0 saturated carbocycles. The van der Waals surface area contributed by atoms with Crippen LogP contribution in [0.2, 0.25) is 0 Å². The summed E-state index contributed by atoms with van der Waals surface area (Å²) in [6, 6.07) is 5.20. The average molecular weight is 230 g/mol. The van der Waals surface area contributed by atoms with Crippen LogP contribution in [0.25, 0.3) is 0 Å². The van der Waals surface area contributed by atoms with E-state index in [0.717, 1.165) is 12.2 Å². The Hall–Kier alpha value is -1.93. The molecule has 1 aliphatic heterocycles. The fourth-order valence-electron chi connectivity index (χ4n) is 1.91. The maximum atomic E-state index is 12.2. The van der Waals surface area contributed by atoms with Crippen LogP contribution in [0.4, 0.5) is 0 Å². The molecule has 5 heteroatoms. The van der Waals surface area contributed by atoms with Crippen molar-refractivity contribution in [1.82, 2.24) is 15.2 Å². The summed E-state index contributed by atoms with van der Waals surface area (Å²) in [4.78, 5) is 17.9. The molecule has 0 radical (unpaired) electrons. The van der Waals surface area contributed by atoms with E-state index in [9.17, 15) is 4.79 Å². The summed E-state index contributed by atoms with van der Waals surface area (Å²) in [6.07, 6.45) is 1.62. The lowest BCUT2D eigenvalue weighted by Crippen LogP contribution is -2.53. The molecule has 0 spiro atoms. The van der Waals surface area contributed by atoms with Crippen LogP contribution >= 0.6 is 0 Å². The lowest BCUT2D eigenvalue weighted by molar-refractivity contribution is 0.0687. The topological polar surface area (TPSA) is 69.0 Å². The molecule has 5 nitrogen and oxygen atoms in total. The van der Waals surface area contributed by atoms with E-state index in [1.54, 1.807) is 23.2 Å². The van der Waals surface area contributed by atoms with Crippen LogP contribution in [-0.4, -0.2) is 41.5 Å². The molecule has 1 N–H and O–H groups in total. The Labute approximate surface area is 100 Å². The second kappa shape index (κ2) is 4.93. The van der Waals surface area contributed by atoms with E-state index in [-0.39, 0.29) is 11.9 Å². The van der Waals surface area contributed by atoms with Crippen LogP contribution in [0.5, 0.6) is 0 Å². The zero-order valence-corrected chi connectivity index (χ0v) is 9.68. The SMILES string of the molecule is Cc1cc(C(=O)N2CCNCC2C#N)ccn1. The number of rotatable bonds is 1. The normalized spacial score (nSPS) is 19.8. The predicted octanol–water partition coefficient (Wildman–Crippen LogP) is 0.328. The molecule has 2 heterocycles. The summed E-state index contributed by atoms with van der Waals surface area (Å²) in [5.41, 5.74) is 1.40. The van der Waals surface area contributed by atoms with Gasteiger partial charge in [0.2, 0.25) is 0 Å². The molecule has 1 atom stereocenters. The highest BCUT2D eigenvalue weighted by Gasteiger charge is 2.27. The van der Waals surface area contributed by atoms with E-state index in [4.69, 9.17) is 5.26 Å². The number of pyridine rings is 1. The molecule has 1 aromatic heterocycles. The smallest absolute Gasteiger partial charge is 0.255 e. The van der Waals surface area contributed by atoms with E-state index < -0.39 is 0 Å². The van der Waals surface area contributed by atoms with Gasteiger partial charge in [-0.05, 0) is 19.1 Å². The van der Waals surface area contributed by atoms with Crippen LogP contribution < -0.4 is 5.32 Å². The van der Waals surface area contributed by atoms with Crippen LogP contribution in [0.1, 0.15) is 16.1 Å². The largest absolute Gasteiger partial charge is 0.320 e. The van der Waals surface area contributed by atoms with Crippen LogP contribution in [0, 0.1) is 18.3 Å². The lowest BCUT2D eigenvalue weighted by Gasteiger charge is -2.32. The van der Waals surface area contributed by atoms with Crippen molar-refractivity contribution in [2.45, 2.75) is 13.0 Å². The third kappa shape index (κ3) is 2.43. The maximum absolute atomic E-state index is 12.2. The van der Waals surface area contributed by atoms with Crippen LogP contribution in [0.15, 0.2) is 18.3 Å². The van der Waals surface area contributed by atoms with Crippen LogP contribution in [0.3, 0.4) is 0 Å². The first-order valence-electron chi connectivity index (χ1n) is 5.56. The highest BCUT2D eigenvalue weighted by atomic mass is 16.2. The van der Waals surface area contributed by atoms with Gasteiger partial charge in [-0.15, -0.1) is 0 Å². The molecule has 0 aliphatic carbocycles. The van der Waals surface area contributed by atoms with Crippen molar-refractivity contribution < 1.29 is 4.79 Å². The molecule has 1 fully saturated rings. The van der Waals surface area contributed by atoms with Gasteiger partial charge in [-0.2, -0.15) is 5.26 Å². The van der Waals surface area contributed by atoms with Crippen molar-refractivity contribution in [2.75, 3.05) is 19.6 Å². The van der Waals surface area contributed by atoms with Gasteiger partial charge < -0.3 is 10.2 Å². The summed E-state index contributed by atoms with van der Waals surface area (Å²) in [5, 5.41) is 12.1. The molecule has 88 valence electrons. The van der Waals surface area contributed by atoms with Gasteiger partial charge in [-0.3, -0.25) is 9.78 Å². The minimum Gasteiger partial charge on any atom is -0.320 e. The second-order valence-electron chi connectivity index (χ2n) is 4.03. The molecule has 17 heavy (non-hydrogen) atoms. The van der Waals surface area contributed by atoms with E-state index in [2.05, 4.69) is 16.4 Å². The van der Waals surface area contributed by atoms with Gasteiger partial charge in [-0.25, -0.2) is 0 Å². The number of hydrogen-bond acceptors (Lipinski definition) is 4. The third-order valence-corrected chi connectivity index (χ3v) is 2.80. The fraction of sp³-hybridized carbons (Fsp3) is 0.417. The number of nitrogens with zero attached hydrogens (tertiary/aromatic N) is 3. The summed E-state index contributed by atoms with van der Waals surface area (Å²) < 4.78 is 0.